The van der Waals surface area contributed by atoms with Crippen molar-refractivity contribution >= 4 is 11.6 Å². The molecular weight excluding hydrogens is 241 g/mol. The van der Waals surface area contributed by atoms with Crippen LogP contribution in [-0.4, -0.2) is 16.8 Å². The van der Waals surface area contributed by atoms with Crippen molar-refractivity contribution < 1.29 is 13.2 Å². The van der Waals surface area contributed by atoms with Crippen molar-refractivity contribution in [2.24, 2.45) is 7.05 Å². The molecule has 1 N–H and O–H groups in total. The minimum Gasteiger partial charge on any atom is -0.352 e. The van der Waals surface area contributed by atoms with E-state index in [1.165, 1.54) is 6.92 Å². The highest BCUT2D eigenvalue weighted by Gasteiger charge is 2.29. The molecule has 92 valence electrons. The number of rotatable bonds is 4. The van der Waals surface area contributed by atoms with Crippen molar-refractivity contribution in [3.8, 4) is 0 Å². The molecule has 1 aromatic heterocycles. The van der Waals surface area contributed by atoms with Gasteiger partial charge in [-0.15, -0.1) is 0 Å². The standard InChI is InChI=1S/C10H14ClF3N2/c1-7(4-10(12,13)14)15-5-9-3-8(11)6-16(9)2/h3,6-7,15H,4-5H2,1-2H3. The average Bonchev–Trinajstić information content (AvgIpc) is 2.38. The predicted octanol–water partition coefficient (Wildman–Crippen LogP) is 3.11. The van der Waals surface area contributed by atoms with Gasteiger partial charge in [-0.3, -0.25) is 0 Å². The molecule has 1 atom stereocenters. The second-order valence-electron chi connectivity index (χ2n) is 3.86. The molecule has 0 saturated heterocycles. The maximum atomic E-state index is 12.0. The van der Waals surface area contributed by atoms with E-state index in [2.05, 4.69) is 5.32 Å². The van der Waals surface area contributed by atoms with Gasteiger partial charge in [0.05, 0.1) is 11.4 Å². The van der Waals surface area contributed by atoms with E-state index < -0.39 is 18.6 Å². The van der Waals surface area contributed by atoms with Crippen molar-refractivity contribution in [2.75, 3.05) is 0 Å². The van der Waals surface area contributed by atoms with E-state index in [9.17, 15) is 13.2 Å². The third-order valence-corrected chi connectivity index (χ3v) is 2.45. The Morgan fingerprint density at radius 2 is 2.12 bits per heavy atom. The summed E-state index contributed by atoms with van der Waals surface area (Å²) in [7, 11) is 1.80. The number of nitrogens with one attached hydrogen (secondary N) is 1. The predicted molar refractivity (Wildman–Crippen MR) is 57.4 cm³/mol. The van der Waals surface area contributed by atoms with Gasteiger partial charge in [0.15, 0.2) is 0 Å². The van der Waals surface area contributed by atoms with Crippen LogP contribution in [0.1, 0.15) is 19.0 Å². The van der Waals surface area contributed by atoms with Gasteiger partial charge in [0.25, 0.3) is 0 Å². The van der Waals surface area contributed by atoms with Gasteiger partial charge < -0.3 is 9.88 Å². The maximum absolute atomic E-state index is 12.0. The molecule has 1 rings (SSSR count). The van der Waals surface area contributed by atoms with E-state index in [1.54, 1.807) is 23.9 Å². The Hall–Kier alpha value is -0.680. The highest BCUT2D eigenvalue weighted by Crippen LogP contribution is 2.21. The van der Waals surface area contributed by atoms with E-state index in [1.807, 2.05) is 0 Å². The normalized spacial score (nSPS) is 14.1. The summed E-state index contributed by atoms with van der Waals surface area (Å²) in [4.78, 5) is 0. The molecule has 2 nitrogen and oxygen atoms in total. The minimum absolute atomic E-state index is 0.375. The summed E-state index contributed by atoms with van der Waals surface area (Å²) in [5, 5.41) is 3.40. The summed E-state index contributed by atoms with van der Waals surface area (Å²) in [5.41, 5.74) is 0.860. The van der Waals surface area contributed by atoms with Crippen LogP contribution in [0.25, 0.3) is 0 Å². The van der Waals surface area contributed by atoms with Gasteiger partial charge in [0.2, 0.25) is 0 Å². The van der Waals surface area contributed by atoms with E-state index in [0.29, 0.717) is 11.6 Å². The summed E-state index contributed by atoms with van der Waals surface area (Å²) < 4.78 is 37.9. The summed E-state index contributed by atoms with van der Waals surface area (Å²) in [6, 6.07) is 1.13. The van der Waals surface area contributed by atoms with E-state index in [0.717, 1.165) is 5.69 Å². The molecule has 16 heavy (non-hydrogen) atoms. The second kappa shape index (κ2) is 5.10. The lowest BCUT2D eigenvalue weighted by Crippen LogP contribution is -2.31. The molecule has 0 radical (unpaired) electrons. The van der Waals surface area contributed by atoms with E-state index >= 15 is 0 Å². The van der Waals surface area contributed by atoms with E-state index in [-0.39, 0.29) is 0 Å². The summed E-state index contributed by atoms with van der Waals surface area (Å²) in [6.45, 7) is 1.89. The lowest BCUT2D eigenvalue weighted by atomic mass is 10.2. The van der Waals surface area contributed by atoms with Gasteiger partial charge in [-0.2, -0.15) is 13.2 Å². The Morgan fingerprint density at radius 3 is 2.56 bits per heavy atom. The van der Waals surface area contributed by atoms with Gasteiger partial charge in [0, 0.05) is 31.5 Å². The molecule has 0 aliphatic rings. The van der Waals surface area contributed by atoms with Crippen LogP contribution in [0.4, 0.5) is 13.2 Å². The third-order valence-electron chi connectivity index (χ3n) is 2.24. The lowest BCUT2D eigenvalue weighted by Gasteiger charge is -2.15. The van der Waals surface area contributed by atoms with Crippen molar-refractivity contribution in [2.45, 2.75) is 32.1 Å². The Kier molecular flexibility index (Phi) is 4.27. The zero-order valence-corrected chi connectivity index (χ0v) is 9.86. The zero-order chi connectivity index (χ0) is 12.3. The van der Waals surface area contributed by atoms with Crippen LogP contribution in [0, 0.1) is 0 Å². The molecule has 0 spiro atoms. The molecule has 1 aromatic rings. The molecule has 0 aliphatic carbocycles. The molecule has 0 aromatic carbocycles. The molecule has 0 saturated carbocycles. The van der Waals surface area contributed by atoms with Crippen LogP contribution in [0.5, 0.6) is 0 Å². The number of hydrogen-bond donors (Lipinski definition) is 1. The Bertz CT molecular complexity index is 346. The number of nitrogens with zero attached hydrogens (tertiary/aromatic N) is 1. The van der Waals surface area contributed by atoms with E-state index in [4.69, 9.17) is 11.6 Å². The maximum Gasteiger partial charge on any atom is 0.390 e. The summed E-state index contributed by atoms with van der Waals surface area (Å²) >= 11 is 5.76. The zero-order valence-electron chi connectivity index (χ0n) is 9.11. The SMILES string of the molecule is CC(CC(F)(F)F)NCc1cc(Cl)cn1C. The number of aromatic nitrogens is 1. The smallest absolute Gasteiger partial charge is 0.352 e. The van der Waals surface area contributed by atoms with Gasteiger partial charge in [-0.25, -0.2) is 0 Å². The highest BCUT2D eigenvalue weighted by molar-refractivity contribution is 6.30. The number of aryl methyl sites for hydroxylation is 1. The van der Waals surface area contributed by atoms with Gasteiger partial charge in [-0.1, -0.05) is 11.6 Å². The lowest BCUT2D eigenvalue weighted by molar-refractivity contribution is -0.139. The van der Waals surface area contributed by atoms with Crippen LogP contribution in [0.2, 0.25) is 5.02 Å². The van der Waals surface area contributed by atoms with Crippen LogP contribution in [0.3, 0.4) is 0 Å². The first-order chi connectivity index (χ1) is 7.28. The number of hydrogen-bond acceptors (Lipinski definition) is 1. The second-order valence-corrected chi connectivity index (χ2v) is 4.30. The Morgan fingerprint density at radius 1 is 1.50 bits per heavy atom. The van der Waals surface area contributed by atoms with Crippen molar-refractivity contribution in [1.29, 1.82) is 0 Å². The first kappa shape index (κ1) is 13.4. The molecule has 1 heterocycles. The topological polar surface area (TPSA) is 17.0 Å². The van der Waals surface area contributed by atoms with Crippen LogP contribution in [-0.2, 0) is 13.6 Å². The van der Waals surface area contributed by atoms with Gasteiger partial charge >= 0.3 is 6.18 Å². The fourth-order valence-corrected chi connectivity index (χ4v) is 1.71. The summed E-state index contributed by atoms with van der Waals surface area (Å²) in [5.74, 6) is 0. The van der Waals surface area contributed by atoms with Crippen molar-refractivity contribution in [3.05, 3.63) is 23.0 Å². The van der Waals surface area contributed by atoms with Crippen molar-refractivity contribution in [3.63, 3.8) is 0 Å². The number of alkyl halides is 3. The highest BCUT2D eigenvalue weighted by atomic mass is 35.5. The summed E-state index contributed by atoms with van der Waals surface area (Å²) in [6.07, 6.45) is -3.24. The third kappa shape index (κ3) is 4.45. The first-order valence-corrected chi connectivity index (χ1v) is 5.26. The Balaban J connectivity index is 2.43. The largest absolute Gasteiger partial charge is 0.390 e. The molecule has 0 bridgehead atoms. The average molecular weight is 255 g/mol. The van der Waals surface area contributed by atoms with Gasteiger partial charge in [0.1, 0.15) is 0 Å². The molecule has 6 heteroatoms. The molecule has 0 fully saturated rings. The van der Waals surface area contributed by atoms with Crippen molar-refractivity contribution in [1.82, 2.24) is 9.88 Å². The fraction of sp³-hybridized carbons (Fsp3) is 0.600. The number of halogens is 4. The van der Waals surface area contributed by atoms with Crippen LogP contribution in [0.15, 0.2) is 12.3 Å². The van der Waals surface area contributed by atoms with Gasteiger partial charge in [-0.05, 0) is 13.0 Å². The molecule has 0 amide bonds. The monoisotopic (exact) mass is 254 g/mol. The quantitative estimate of drug-likeness (QED) is 0.874. The first-order valence-electron chi connectivity index (χ1n) is 4.89. The molecular formula is C10H14ClF3N2. The molecule has 1 unspecified atom stereocenters. The molecule has 0 aliphatic heterocycles. The Labute approximate surface area is 97.4 Å². The van der Waals surface area contributed by atoms with Crippen LogP contribution >= 0.6 is 11.6 Å². The fourth-order valence-electron chi connectivity index (χ4n) is 1.44. The van der Waals surface area contributed by atoms with Crippen LogP contribution < -0.4 is 5.32 Å². The minimum atomic E-state index is -4.13.